The molecule has 3 rings (SSSR count). The summed E-state index contributed by atoms with van der Waals surface area (Å²) in [4.78, 5) is 24.6. The molecule has 0 saturated heterocycles. The van der Waals surface area contributed by atoms with Crippen LogP contribution in [0.2, 0.25) is 0 Å². The van der Waals surface area contributed by atoms with E-state index in [9.17, 15) is 14.0 Å². The first-order chi connectivity index (χ1) is 11.6. The summed E-state index contributed by atoms with van der Waals surface area (Å²) in [5.74, 6) is 0.0147. The predicted octanol–water partition coefficient (Wildman–Crippen LogP) is 4.59. The SMILES string of the molecule is CCc1ccc(Oc2ccc(F)cc2)cc1C1C(=O)CCCC1=O. The van der Waals surface area contributed by atoms with E-state index in [1.807, 2.05) is 19.1 Å². The van der Waals surface area contributed by atoms with Crippen LogP contribution in [0.25, 0.3) is 0 Å². The molecule has 0 unspecified atom stereocenters. The Morgan fingerprint density at radius 1 is 1.00 bits per heavy atom. The molecule has 3 nitrogen and oxygen atoms in total. The summed E-state index contributed by atoms with van der Waals surface area (Å²) in [7, 11) is 0. The molecule has 0 N–H and O–H groups in total. The first kappa shape index (κ1) is 16.4. The predicted molar refractivity (Wildman–Crippen MR) is 88.9 cm³/mol. The molecule has 124 valence electrons. The van der Waals surface area contributed by atoms with Gasteiger partial charge in [0.05, 0.1) is 0 Å². The lowest BCUT2D eigenvalue weighted by Gasteiger charge is -2.22. The number of ketones is 2. The van der Waals surface area contributed by atoms with Crippen molar-refractivity contribution in [1.29, 1.82) is 0 Å². The van der Waals surface area contributed by atoms with Crippen molar-refractivity contribution in [3.8, 4) is 11.5 Å². The first-order valence-electron chi connectivity index (χ1n) is 8.20. The summed E-state index contributed by atoms with van der Waals surface area (Å²) in [6.07, 6.45) is 2.27. The van der Waals surface area contributed by atoms with Gasteiger partial charge < -0.3 is 4.74 Å². The molecular weight excluding hydrogens is 307 g/mol. The Labute approximate surface area is 140 Å². The molecule has 1 aliphatic rings. The van der Waals surface area contributed by atoms with Gasteiger partial charge in [0, 0.05) is 12.8 Å². The molecule has 0 radical (unpaired) electrons. The molecule has 0 bridgehead atoms. The summed E-state index contributed by atoms with van der Waals surface area (Å²) >= 11 is 0. The van der Waals surface area contributed by atoms with Crippen LogP contribution in [0.5, 0.6) is 11.5 Å². The van der Waals surface area contributed by atoms with Crippen molar-refractivity contribution in [2.24, 2.45) is 0 Å². The van der Waals surface area contributed by atoms with Gasteiger partial charge in [-0.05, 0) is 60.4 Å². The number of aryl methyl sites for hydroxylation is 1. The fourth-order valence-electron chi connectivity index (χ4n) is 3.12. The van der Waals surface area contributed by atoms with Crippen LogP contribution in [0.4, 0.5) is 4.39 Å². The molecule has 1 fully saturated rings. The molecule has 2 aromatic rings. The van der Waals surface area contributed by atoms with Crippen molar-refractivity contribution in [2.45, 2.75) is 38.5 Å². The first-order valence-corrected chi connectivity index (χ1v) is 8.20. The van der Waals surface area contributed by atoms with Crippen LogP contribution in [0.15, 0.2) is 42.5 Å². The summed E-state index contributed by atoms with van der Waals surface area (Å²) in [6.45, 7) is 2.00. The van der Waals surface area contributed by atoms with Crippen LogP contribution in [0.3, 0.4) is 0 Å². The number of rotatable bonds is 4. The zero-order valence-corrected chi connectivity index (χ0v) is 13.5. The lowest BCUT2D eigenvalue weighted by molar-refractivity contribution is -0.131. The summed E-state index contributed by atoms with van der Waals surface area (Å²) in [5, 5.41) is 0. The van der Waals surface area contributed by atoms with Crippen LogP contribution in [0.1, 0.15) is 43.2 Å². The Kier molecular flexibility index (Phi) is 4.74. The van der Waals surface area contributed by atoms with Crippen LogP contribution in [0, 0.1) is 5.82 Å². The van der Waals surface area contributed by atoms with Crippen LogP contribution in [-0.2, 0) is 16.0 Å². The molecule has 0 aromatic heterocycles. The summed E-state index contributed by atoms with van der Waals surface area (Å²) < 4.78 is 18.7. The minimum Gasteiger partial charge on any atom is -0.457 e. The third kappa shape index (κ3) is 3.37. The van der Waals surface area contributed by atoms with Gasteiger partial charge in [0.1, 0.15) is 34.8 Å². The lowest BCUT2D eigenvalue weighted by atomic mass is 9.79. The Hall–Kier alpha value is -2.49. The Morgan fingerprint density at radius 3 is 2.25 bits per heavy atom. The number of hydrogen-bond donors (Lipinski definition) is 0. The molecule has 0 heterocycles. The number of carbonyl (C=O) groups excluding carboxylic acids is 2. The van der Waals surface area contributed by atoms with E-state index in [0.717, 1.165) is 17.5 Å². The minimum atomic E-state index is -0.675. The Morgan fingerprint density at radius 2 is 1.62 bits per heavy atom. The van der Waals surface area contributed by atoms with Crippen molar-refractivity contribution >= 4 is 11.6 Å². The summed E-state index contributed by atoms with van der Waals surface area (Å²) in [6, 6.07) is 11.2. The maximum atomic E-state index is 13.0. The molecule has 4 heteroatoms. The van der Waals surface area contributed by atoms with Gasteiger partial charge in [0.2, 0.25) is 0 Å². The second-order valence-electron chi connectivity index (χ2n) is 5.99. The lowest BCUT2D eigenvalue weighted by Crippen LogP contribution is -2.27. The van der Waals surface area contributed by atoms with E-state index < -0.39 is 5.92 Å². The van der Waals surface area contributed by atoms with Gasteiger partial charge in [-0.3, -0.25) is 9.59 Å². The fourth-order valence-corrected chi connectivity index (χ4v) is 3.12. The van der Waals surface area contributed by atoms with Crippen molar-refractivity contribution in [2.75, 3.05) is 0 Å². The fraction of sp³-hybridized carbons (Fsp3) is 0.300. The van der Waals surface area contributed by atoms with Crippen LogP contribution < -0.4 is 4.74 Å². The number of halogens is 1. The Balaban J connectivity index is 1.94. The van der Waals surface area contributed by atoms with Gasteiger partial charge in [-0.25, -0.2) is 4.39 Å². The van der Waals surface area contributed by atoms with E-state index in [2.05, 4.69) is 0 Å². The number of ether oxygens (including phenoxy) is 1. The highest BCUT2D eigenvalue weighted by atomic mass is 19.1. The van der Waals surface area contributed by atoms with E-state index in [-0.39, 0.29) is 17.4 Å². The molecule has 0 amide bonds. The van der Waals surface area contributed by atoms with E-state index in [4.69, 9.17) is 4.74 Å². The quantitative estimate of drug-likeness (QED) is 0.772. The monoisotopic (exact) mass is 326 g/mol. The highest BCUT2D eigenvalue weighted by molar-refractivity contribution is 6.09. The van der Waals surface area contributed by atoms with Gasteiger partial charge in [0.25, 0.3) is 0 Å². The maximum absolute atomic E-state index is 13.0. The molecular formula is C20H19FO3. The van der Waals surface area contributed by atoms with Crippen molar-refractivity contribution in [3.05, 3.63) is 59.4 Å². The molecule has 2 aromatic carbocycles. The van der Waals surface area contributed by atoms with E-state index in [0.29, 0.717) is 30.8 Å². The zero-order valence-electron chi connectivity index (χ0n) is 13.5. The molecule has 1 saturated carbocycles. The normalized spacial score (nSPS) is 15.6. The molecule has 0 atom stereocenters. The van der Waals surface area contributed by atoms with Gasteiger partial charge in [-0.1, -0.05) is 13.0 Å². The topological polar surface area (TPSA) is 43.4 Å². The number of hydrogen-bond acceptors (Lipinski definition) is 3. The average Bonchev–Trinajstić information content (AvgIpc) is 2.57. The van der Waals surface area contributed by atoms with Crippen molar-refractivity contribution in [1.82, 2.24) is 0 Å². The van der Waals surface area contributed by atoms with Crippen LogP contribution >= 0.6 is 0 Å². The third-order valence-corrected chi connectivity index (χ3v) is 4.35. The van der Waals surface area contributed by atoms with Crippen molar-refractivity contribution in [3.63, 3.8) is 0 Å². The Bertz CT molecular complexity index is 749. The average molecular weight is 326 g/mol. The molecule has 0 aliphatic heterocycles. The third-order valence-electron chi connectivity index (χ3n) is 4.35. The minimum absolute atomic E-state index is 0.0140. The van der Waals surface area contributed by atoms with Crippen LogP contribution in [-0.4, -0.2) is 11.6 Å². The number of carbonyl (C=O) groups is 2. The molecule has 1 aliphatic carbocycles. The van der Waals surface area contributed by atoms with Gasteiger partial charge in [-0.15, -0.1) is 0 Å². The molecule has 0 spiro atoms. The van der Waals surface area contributed by atoms with E-state index in [1.165, 1.54) is 12.1 Å². The van der Waals surface area contributed by atoms with E-state index in [1.54, 1.807) is 18.2 Å². The standard InChI is InChI=1S/C20H19FO3/c1-2-13-6-9-16(24-15-10-7-14(21)8-11-15)12-17(13)20-18(22)4-3-5-19(20)23/h6-12,20H,2-5H2,1H3. The smallest absolute Gasteiger partial charge is 0.147 e. The highest BCUT2D eigenvalue weighted by Gasteiger charge is 2.32. The van der Waals surface area contributed by atoms with Gasteiger partial charge >= 0.3 is 0 Å². The maximum Gasteiger partial charge on any atom is 0.147 e. The second kappa shape index (κ2) is 6.95. The van der Waals surface area contributed by atoms with E-state index >= 15 is 0 Å². The number of Topliss-reactive ketones (excluding diaryl/α,β-unsaturated/α-hetero) is 2. The highest BCUT2D eigenvalue weighted by Crippen LogP contribution is 2.33. The summed E-state index contributed by atoms with van der Waals surface area (Å²) in [5.41, 5.74) is 1.72. The second-order valence-corrected chi connectivity index (χ2v) is 5.99. The largest absolute Gasteiger partial charge is 0.457 e. The van der Waals surface area contributed by atoms with Crippen molar-refractivity contribution < 1.29 is 18.7 Å². The molecule has 24 heavy (non-hydrogen) atoms. The van der Waals surface area contributed by atoms with Gasteiger partial charge in [0.15, 0.2) is 0 Å². The number of benzene rings is 2. The van der Waals surface area contributed by atoms with Gasteiger partial charge in [-0.2, -0.15) is 0 Å². The zero-order chi connectivity index (χ0) is 17.1.